The Morgan fingerprint density at radius 2 is 1.88 bits per heavy atom. The molecular formula is C25H26FN3O4. The van der Waals surface area contributed by atoms with Gasteiger partial charge in [0, 0.05) is 25.1 Å². The van der Waals surface area contributed by atoms with E-state index in [0.717, 1.165) is 25.7 Å². The molecule has 0 radical (unpaired) electrons. The number of hydrogen-bond acceptors (Lipinski definition) is 4. The van der Waals surface area contributed by atoms with Crippen molar-refractivity contribution >= 4 is 17.8 Å². The Balaban J connectivity index is 1.26. The van der Waals surface area contributed by atoms with Gasteiger partial charge in [0.1, 0.15) is 11.6 Å². The molecule has 0 aromatic heterocycles. The summed E-state index contributed by atoms with van der Waals surface area (Å²) >= 11 is 0. The zero-order chi connectivity index (χ0) is 23.0. The number of carbonyl (C=O) groups is 3. The number of fused-ring (bicyclic) bond motifs is 2. The van der Waals surface area contributed by atoms with Gasteiger partial charge in [-0.2, -0.15) is 0 Å². The Morgan fingerprint density at radius 3 is 2.58 bits per heavy atom. The molecule has 2 atom stereocenters. The van der Waals surface area contributed by atoms with Gasteiger partial charge in [0.25, 0.3) is 11.8 Å². The normalized spacial score (nSPS) is 24.8. The van der Waals surface area contributed by atoms with Crippen LogP contribution in [-0.4, -0.2) is 41.9 Å². The van der Waals surface area contributed by atoms with Crippen molar-refractivity contribution in [2.75, 3.05) is 13.1 Å². The largest absolute Gasteiger partial charge is 0.480 e. The number of nitrogens with one attached hydrogen (secondary N) is 2. The van der Waals surface area contributed by atoms with Crippen molar-refractivity contribution in [1.29, 1.82) is 0 Å². The van der Waals surface area contributed by atoms with Crippen LogP contribution < -0.4 is 15.4 Å². The maximum atomic E-state index is 13.9. The summed E-state index contributed by atoms with van der Waals surface area (Å²) in [5.41, 5.74) is 0.0413. The van der Waals surface area contributed by atoms with Crippen molar-refractivity contribution in [3.8, 4) is 5.75 Å². The van der Waals surface area contributed by atoms with Gasteiger partial charge < -0.3 is 15.0 Å². The fourth-order valence-corrected chi connectivity index (χ4v) is 5.15. The van der Waals surface area contributed by atoms with Crippen LogP contribution in [0.15, 0.2) is 48.5 Å². The van der Waals surface area contributed by atoms with Crippen LogP contribution in [-0.2, 0) is 21.5 Å². The van der Waals surface area contributed by atoms with Crippen LogP contribution in [0, 0.1) is 11.7 Å². The Bertz CT molecular complexity index is 1080. The zero-order valence-corrected chi connectivity index (χ0v) is 18.2. The second-order valence-electron chi connectivity index (χ2n) is 9.06. The Labute approximate surface area is 191 Å². The molecule has 3 aliphatic rings. The molecule has 0 saturated carbocycles. The summed E-state index contributed by atoms with van der Waals surface area (Å²) in [5.74, 6) is -0.569. The van der Waals surface area contributed by atoms with E-state index >= 15 is 0 Å². The number of carbonyl (C=O) groups excluding carboxylic acids is 3. The highest BCUT2D eigenvalue weighted by Crippen LogP contribution is 2.42. The van der Waals surface area contributed by atoms with E-state index in [0.29, 0.717) is 19.0 Å². The monoisotopic (exact) mass is 451 g/mol. The lowest BCUT2D eigenvalue weighted by atomic mass is 9.81. The number of hydrogen-bond donors (Lipinski definition) is 2. The van der Waals surface area contributed by atoms with Crippen LogP contribution in [0.1, 0.15) is 36.8 Å². The quantitative estimate of drug-likeness (QED) is 0.700. The Morgan fingerprint density at radius 1 is 1.12 bits per heavy atom. The molecule has 1 spiro atoms. The van der Waals surface area contributed by atoms with E-state index in [1.54, 1.807) is 4.90 Å². The minimum Gasteiger partial charge on any atom is -0.480 e. The third-order valence-corrected chi connectivity index (χ3v) is 6.99. The molecule has 172 valence electrons. The number of likely N-dealkylation sites (tertiary alicyclic amines) is 1. The van der Waals surface area contributed by atoms with Crippen LogP contribution in [0.4, 0.5) is 9.18 Å². The van der Waals surface area contributed by atoms with E-state index in [1.807, 2.05) is 18.2 Å². The fourth-order valence-electron chi connectivity index (χ4n) is 5.15. The molecule has 2 saturated heterocycles. The van der Waals surface area contributed by atoms with Gasteiger partial charge in [0.2, 0.25) is 0 Å². The van der Waals surface area contributed by atoms with E-state index in [1.165, 1.54) is 23.8 Å². The second kappa shape index (κ2) is 8.50. The molecule has 0 unspecified atom stereocenters. The van der Waals surface area contributed by atoms with E-state index in [-0.39, 0.29) is 23.6 Å². The molecule has 0 aliphatic carbocycles. The lowest BCUT2D eigenvalue weighted by molar-refractivity contribution is -0.143. The van der Waals surface area contributed by atoms with Crippen LogP contribution in [0.25, 0.3) is 0 Å². The second-order valence-corrected chi connectivity index (χ2v) is 9.06. The van der Waals surface area contributed by atoms with Crippen molar-refractivity contribution in [1.82, 2.24) is 15.5 Å². The molecule has 8 heteroatoms. The van der Waals surface area contributed by atoms with Crippen LogP contribution >= 0.6 is 0 Å². The molecule has 2 fully saturated rings. The molecule has 2 aromatic rings. The van der Waals surface area contributed by atoms with Crippen molar-refractivity contribution in [2.24, 2.45) is 5.92 Å². The Hall–Kier alpha value is -3.42. The number of ether oxygens (including phenoxy) is 1. The molecule has 3 aliphatic heterocycles. The maximum Gasteiger partial charge on any atom is 0.322 e. The first kappa shape index (κ1) is 21.4. The minimum atomic E-state index is -1.51. The van der Waals surface area contributed by atoms with Gasteiger partial charge in [-0.3, -0.25) is 14.9 Å². The maximum absolute atomic E-state index is 13.9. The molecular weight excluding hydrogens is 425 g/mol. The molecule has 0 bridgehead atoms. The van der Waals surface area contributed by atoms with E-state index in [2.05, 4.69) is 22.8 Å². The van der Waals surface area contributed by atoms with E-state index in [9.17, 15) is 18.8 Å². The van der Waals surface area contributed by atoms with Crippen molar-refractivity contribution < 1.29 is 23.5 Å². The van der Waals surface area contributed by atoms with E-state index < -0.39 is 29.4 Å². The third-order valence-electron chi connectivity index (χ3n) is 6.99. The van der Waals surface area contributed by atoms with Gasteiger partial charge in [0.15, 0.2) is 11.6 Å². The summed E-state index contributed by atoms with van der Waals surface area (Å²) in [6, 6.07) is 13.5. The average molecular weight is 451 g/mol. The van der Waals surface area contributed by atoms with Crippen LogP contribution in [0.3, 0.4) is 0 Å². The number of piperidine rings is 1. The molecule has 5 rings (SSSR count). The summed E-state index contributed by atoms with van der Waals surface area (Å²) in [6.07, 6.45) is 2.92. The van der Waals surface area contributed by atoms with Gasteiger partial charge in [-0.25, -0.2) is 9.18 Å². The molecule has 2 aromatic carbocycles. The first-order valence-corrected chi connectivity index (χ1v) is 11.4. The minimum absolute atomic E-state index is 0.0756. The van der Waals surface area contributed by atoms with Gasteiger partial charge >= 0.3 is 6.03 Å². The van der Waals surface area contributed by atoms with Gasteiger partial charge in [-0.15, -0.1) is 0 Å². The summed E-state index contributed by atoms with van der Waals surface area (Å²) in [4.78, 5) is 39.7. The lowest BCUT2D eigenvalue weighted by Gasteiger charge is -2.40. The summed E-state index contributed by atoms with van der Waals surface area (Å²) < 4.78 is 19.8. The van der Waals surface area contributed by atoms with E-state index in [4.69, 9.17) is 4.74 Å². The number of amides is 4. The highest BCUT2D eigenvalue weighted by atomic mass is 19.1. The smallest absolute Gasteiger partial charge is 0.322 e. The van der Waals surface area contributed by atoms with Crippen molar-refractivity contribution in [3.63, 3.8) is 0 Å². The third kappa shape index (κ3) is 4.05. The first-order chi connectivity index (χ1) is 15.9. The number of rotatable bonds is 4. The lowest BCUT2D eigenvalue weighted by Crippen LogP contribution is -2.55. The highest BCUT2D eigenvalue weighted by molar-refractivity contribution is 6.08. The summed E-state index contributed by atoms with van der Waals surface area (Å²) in [6.45, 7) is 1.25. The molecule has 4 amide bonds. The number of imide groups is 1. The summed E-state index contributed by atoms with van der Waals surface area (Å²) in [7, 11) is 0. The van der Waals surface area contributed by atoms with Gasteiger partial charge in [0.05, 0.1) is 0 Å². The van der Waals surface area contributed by atoms with Crippen LogP contribution in [0.2, 0.25) is 0 Å². The number of aryl methyl sites for hydroxylation is 1. The number of benzene rings is 2. The average Bonchev–Trinajstić information content (AvgIpc) is 3.11. The molecule has 3 heterocycles. The Kier molecular flexibility index (Phi) is 5.52. The number of halogens is 1. The first-order valence-electron chi connectivity index (χ1n) is 11.4. The summed E-state index contributed by atoms with van der Waals surface area (Å²) in [5, 5.41) is 4.83. The van der Waals surface area contributed by atoms with Crippen LogP contribution in [0.5, 0.6) is 5.75 Å². The van der Waals surface area contributed by atoms with Gasteiger partial charge in [-0.1, -0.05) is 30.3 Å². The zero-order valence-electron chi connectivity index (χ0n) is 18.2. The molecule has 33 heavy (non-hydrogen) atoms. The number of urea groups is 1. The van der Waals surface area contributed by atoms with Gasteiger partial charge in [-0.05, 0) is 55.4 Å². The fraction of sp³-hybridized carbons (Fsp3) is 0.400. The number of nitrogens with zero attached hydrogens (tertiary/aromatic N) is 1. The van der Waals surface area contributed by atoms with Crippen molar-refractivity contribution in [2.45, 2.75) is 43.7 Å². The van der Waals surface area contributed by atoms with Crippen molar-refractivity contribution in [3.05, 3.63) is 65.5 Å². The SMILES string of the molecule is O=C1NC(=O)[C@]2(C[C@H](C(=O)N3CCC(CCc4ccccc4)CC3)Oc3ccc(F)cc32)N1. The topological polar surface area (TPSA) is 87.7 Å². The molecule has 2 N–H and O–H groups in total. The predicted molar refractivity (Wildman–Crippen MR) is 118 cm³/mol. The highest BCUT2D eigenvalue weighted by Gasteiger charge is 2.55. The standard InChI is InChI=1S/C25H26FN3O4/c26-18-8-9-20-19(14-18)25(23(31)27-24(32)28-25)15-21(33-20)22(30)29-12-10-17(11-13-29)7-6-16-4-2-1-3-5-16/h1-5,8-9,14,17,21H,6-7,10-13,15H2,(H2,27,28,31,32)/t21-,25-/m1/s1. The predicted octanol–water partition coefficient (Wildman–Crippen LogP) is 2.88. The molecule has 7 nitrogen and oxygen atoms in total.